The highest BCUT2D eigenvalue weighted by Crippen LogP contribution is 2.43. The number of fused-ring (bicyclic) bond motifs is 1. The summed E-state index contributed by atoms with van der Waals surface area (Å²) in [5.74, 6) is 0.812. The van der Waals surface area contributed by atoms with Gasteiger partial charge in [0.25, 0.3) is 0 Å². The Kier molecular flexibility index (Phi) is 3.15. The van der Waals surface area contributed by atoms with Gasteiger partial charge < -0.3 is 19.3 Å². The summed E-state index contributed by atoms with van der Waals surface area (Å²) in [6.07, 6.45) is 1.34. The topological polar surface area (TPSA) is 60.8 Å². The third kappa shape index (κ3) is 2.04. The number of halogens is 1. The van der Waals surface area contributed by atoms with Crippen LogP contribution < -0.4 is 14.2 Å². The fraction of sp³-hybridized carbons (Fsp3) is 0.214. The van der Waals surface area contributed by atoms with Gasteiger partial charge in [0.1, 0.15) is 11.9 Å². The van der Waals surface area contributed by atoms with Crippen molar-refractivity contribution in [1.82, 2.24) is 4.98 Å². The zero-order valence-corrected chi connectivity index (χ0v) is 10.7. The van der Waals surface area contributed by atoms with E-state index in [4.69, 9.17) is 14.2 Å². The Balaban J connectivity index is 2.04. The first-order chi connectivity index (χ1) is 9.70. The summed E-state index contributed by atoms with van der Waals surface area (Å²) < 4.78 is 29.4. The molecule has 1 N–H and O–H groups in total. The van der Waals surface area contributed by atoms with Crippen LogP contribution in [0.1, 0.15) is 17.2 Å². The normalized spacial score (nSPS) is 14.2. The van der Waals surface area contributed by atoms with Gasteiger partial charge in [-0.3, -0.25) is 4.98 Å². The summed E-state index contributed by atoms with van der Waals surface area (Å²) >= 11 is 0. The van der Waals surface area contributed by atoms with Crippen molar-refractivity contribution < 1.29 is 23.7 Å². The molecule has 1 aliphatic heterocycles. The van der Waals surface area contributed by atoms with Gasteiger partial charge in [-0.25, -0.2) is 4.39 Å². The first-order valence-corrected chi connectivity index (χ1v) is 5.95. The smallest absolute Gasteiger partial charge is 0.231 e. The van der Waals surface area contributed by atoms with Crippen molar-refractivity contribution in [3.05, 3.63) is 47.5 Å². The Morgan fingerprint density at radius 1 is 1.40 bits per heavy atom. The summed E-state index contributed by atoms with van der Waals surface area (Å²) in [6, 6.07) is 4.63. The average Bonchev–Trinajstić information content (AvgIpc) is 2.94. The zero-order valence-electron chi connectivity index (χ0n) is 10.7. The van der Waals surface area contributed by atoms with E-state index < -0.39 is 11.9 Å². The Morgan fingerprint density at radius 2 is 2.25 bits per heavy atom. The highest BCUT2D eigenvalue weighted by Gasteiger charge is 2.24. The summed E-state index contributed by atoms with van der Waals surface area (Å²) in [5.41, 5.74) is 0.595. The summed E-state index contributed by atoms with van der Waals surface area (Å²) in [6.45, 7) is 0.0921. The molecule has 104 valence electrons. The molecule has 1 unspecified atom stereocenters. The number of pyridine rings is 1. The van der Waals surface area contributed by atoms with Crippen LogP contribution in [0.5, 0.6) is 17.2 Å². The lowest BCUT2D eigenvalue weighted by Crippen LogP contribution is -2.03. The molecule has 1 atom stereocenters. The Morgan fingerprint density at radius 3 is 3.00 bits per heavy atom. The quantitative estimate of drug-likeness (QED) is 0.930. The van der Waals surface area contributed by atoms with Crippen molar-refractivity contribution >= 4 is 0 Å². The second-order valence-corrected chi connectivity index (χ2v) is 4.26. The molecular weight excluding hydrogens is 265 g/mol. The van der Waals surface area contributed by atoms with E-state index in [1.165, 1.54) is 19.4 Å². The Hall–Kier alpha value is -2.34. The van der Waals surface area contributed by atoms with Crippen LogP contribution >= 0.6 is 0 Å². The Bertz CT molecular complexity index is 647. The average molecular weight is 277 g/mol. The van der Waals surface area contributed by atoms with Gasteiger partial charge in [-0.15, -0.1) is 0 Å². The lowest BCUT2D eigenvalue weighted by Gasteiger charge is -2.14. The summed E-state index contributed by atoms with van der Waals surface area (Å²) in [7, 11) is 1.49. The van der Waals surface area contributed by atoms with Crippen molar-refractivity contribution in [2.24, 2.45) is 0 Å². The second kappa shape index (κ2) is 4.97. The highest BCUT2D eigenvalue weighted by molar-refractivity contribution is 5.56. The molecule has 0 spiro atoms. The van der Waals surface area contributed by atoms with Gasteiger partial charge in [0.15, 0.2) is 11.5 Å². The molecule has 3 rings (SSSR count). The van der Waals surface area contributed by atoms with E-state index in [1.54, 1.807) is 12.1 Å². The fourth-order valence-corrected chi connectivity index (χ4v) is 2.10. The maximum absolute atomic E-state index is 13.7. The van der Waals surface area contributed by atoms with Crippen LogP contribution in [-0.4, -0.2) is 24.0 Å². The highest BCUT2D eigenvalue weighted by atomic mass is 19.1. The van der Waals surface area contributed by atoms with Crippen LogP contribution in [0.3, 0.4) is 0 Å². The number of ether oxygens (including phenoxy) is 3. The van der Waals surface area contributed by atoms with Crippen molar-refractivity contribution in [2.45, 2.75) is 6.10 Å². The molecule has 0 radical (unpaired) electrons. The van der Waals surface area contributed by atoms with Gasteiger partial charge in [0, 0.05) is 11.8 Å². The SMILES string of the molecule is COc1cc(C(O)c2ccncc2F)cc2c1OCO2. The molecule has 0 amide bonds. The number of benzene rings is 1. The minimum atomic E-state index is -1.14. The Labute approximate surface area is 114 Å². The number of aliphatic hydroxyl groups excluding tert-OH is 1. The van der Waals surface area contributed by atoms with E-state index >= 15 is 0 Å². The van der Waals surface area contributed by atoms with Gasteiger partial charge in [0.2, 0.25) is 12.5 Å². The van der Waals surface area contributed by atoms with Crippen molar-refractivity contribution in [3.63, 3.8) is 0 Å². The van der Waals surface area contributed by atoms with Gasteiger partial charge >= 0.3 is 0 Å². The molecule has 0 saturated heterocycles. The first kappa shape index (κ1) is 12.7. The molecular formula is C14H12FNO4. The molecule has 1 aromatic carbocycles. The van der Waals surface area contributed by atoms with Gasteiger partial charge in [0.05, 0.1) is 13.3 Å². The zero-order chi connectivity index (χ0) is 14.1. The standard InChI is InChI=1S/C14H12FNO4/c1-18-11-4-8(5-12-14(11)20-7-19-12)13(17)9-2-3-16-6-10(9)15/h2-6,13,17H,7H2,1H3. The molecule has 20 heavy (non-hydrogen) atoms. The van der Waals surface area contributed by atoms with Crippen LogP contribution in [0.15, 0.2) is 30.6 Å². The predicted molar refractivity (Wildman–Crippen MR) is 67.4 cm³/mol. The van der Waals surface area contributed by atoms with Crippen molar-refractivity contribution in [3.8, 4) is 17.2 Å². The molecule has 5 nitrogen and oxygen atoms in total. The monoisotopic (exact) mass is 277 g/mol. The van der Waals surface area contributed by atoms with Gasteiger partial charge in [-0.05, 0) is 23.8 Å². The lowest BCUT2D eigenvalue weighted by atomic mass is 10.0. The number of hydrogen-bond donors (Lipinski definition) is 1. The molecule has 1 aliphatic rings. The third-order valence-electron chi connectivity index (χ3n) is 3.09. The lowest BCUT2D eigenvalue weighted by molar-refractivity contribution is 0.171. The minimum Gasteiger partial charge on any atom is -0.493 e. The first-order valence-electron chi connectivity index (χ1n) is 5.95. The molecule has 0 saturated carbocycles. The second-order valence-electron chi connectivity index (χ2n) is 4.26. The summed E-state index contributed by atoms with van der Waals surface area (Å²) in [5, 5.41) is 10.3. The number of rotatable bonds is 3. The summed E-state index contributed by atoms with van der Waals surface area (Å²) in [4.78, 5) is 3.66. The number of hydrogen-bond acceptors (Lipinski definition) is 5. The molecule has 1 aromatic heterocycles. The molecule has 6 heteroatoms. The van der Waals surface area contributed by atoms with Gasteiger partial charge in [-0.1, -0.05) is 0 Å². The number of methoxy groups -OCH3 is 1. The number of aliphatic hydroxyl groups is 1. The minimum absolute atomic E-state index is 0.0921. The van der Waals surface area contributed by atoms with Crippen LogP contribution in [0.25, 0.3) is 0 Å². The van der Waals surface area contributed by atoms with E-state index in [-0.39, 0.29) is 12.4 Å². The molecule has 2 aromatic rings. The van der Waals surface area contributed by atoms with E-state index in [2.05, 4.69) is 4.98 Å². The number of aromatic nitrogens is 1. The number of nitrogens with zero attached hydrogens (tertiary/aromatic N) is 1. The maximum atomic E-state index is 13.7. The molecule has 0 aliphatic carbocycles. The largest absolute Gasteiger partial charge is 0.493 e. The van der Waals surface area contributed by atoms with E-state index in [0.717, 1.165) is 6.20 Å². The van der Waals surface area contributed by atoms with E-state index in [9.17, 15) is 9.50 Å². The van der Waals surface area contributed by atoms with E-state index in [1.807, 2.05) is 0 Å². The van der Waals surface area contributed by atoms with E-state index in [0.29, 0.717) is 22.8 Å². The maximum Gasteiger partial charge on any atom is 0.231 e. The van der Waals surface area contributed by atoms with Crippen molar-refractivity contribution in [1.29, 1.82) is 0 Å². The van der Waals surface area contributed by atoms with Gasteiger partial charge in [-0.2, -0.15) is 0 Å². The molecule has 2 heterocycles. The van der Waals surface area contributed by atoms with Crippen molar-refractivity contribution in [2.75, 3.05) is 13.9 Å². The molecule has 0 bridgehead atoms. The van der Waals surface area contributed by atoms with Crippen LogP contribution in [0.4, 0.5) is 4.39 Å². The fourth-order valence-electron chi connectivity index (χ4n) is 2.10. The molecule has 0 fully saturated rings. The predicted octanol–water partition coefficient (Wildman–Crippen LogP) is 2.04. The van der Waals surface area contributed by atoms with Crippen LogP contribution in [-0.2, 0) is 0 Å². The van der Waals surface area contributed by atoms with Crippen LogP contribution in [0, 0.1) is 5.82 Å². The van der Waals surface area contributed by atoms with Crippen LogP contribution in [0.2, 0.25) is 0 Å². The third-order valence-corrected chi connectivity index (χ3v) is 3.09.